The summed E-state index contributed by atoms with van der Waals surface area (Å²) in [5.41, 5.74) is 2.36. The zero-order valence-corrected chi connectivity index (χ0v) is 7.59. The summed E-state index contributed by atoms with van der Waals surface area (Å²) in [5, 5.41) is 0. The van der Waals surface area contributed by atoms with Crippen molar-refractivity contribution >= 4 is 11.4 Å². The molecule has 0 saturated heterocycles. The van der Waals surface area contributed by atoms with Crippen LogP contribution in [0.5, 0.6) is 0 Å². The maximum absolute atomic E-state index is 4.54. The summed E-state index contributed by atoms with van der Waals surface area (Å²) in [4.78, 5) is 8.94. The predicted molar refractivity (Wildman–Crippen MR) is 49.8 cm³/mol. The molecule has 0 aromatic carbocycles. The van der Waals surface area contributed by atoms with Crippen LogP contribution in [0.25, 0.3) is 0 Å². The summed E-state index contributed by atoms with van der Waals surface area (Å²) in [5.74, 6) is 0. The van der Waals surface area contributed by atoms with Crippen LogP contribution in [-0.2, 0) is 0 Å². The molecule has 0 unspecified atom stereocenters. The molecule has 62 valence electrons. The molecular formula is C9H16N2. The molecule has 1 atom stereocenters. The van der Waals surface area contributed by atoms with Crippen LogP contribution in [0.2, 0.25) is 0 Å². The van der Waals surface area contributed by atoms with Gasteiger partial charge in [-0.05, 0) is 20.3 Å². The van der Waals surface area contributed by atoms with Gasteiger partial charge in [-0.2, -0.15) is 0 Å². The van der Waals surface area contributed by atoms with Gasteiger partial charge in [-0.3, -0.25) is 9.98 Å². The summed E-state index contributed by atoms with van der Waals surface area (Å²) in [6.07, 6.45) is 2.25. The highest BCUT2D eigenvalue weighted by molar-refractivity contribution is 6.41. The fraction of sp³-hybridized carbons (Fsp3) is 0.778. The minimum atomic E-state index is 0.403. The van der Waals surface area contributed by atoms with Gasteiger partial charge in [0.25, 0.3) is 0 Å². The van der Waals surface area contributed by atoms with E-state index in [-0.39, 0.29) is 0 Å². The van der Waals surface area contributed by atoms with Gasteiger partial charge in [0.05, 0.1) is 24.0 Å². The van der Waals surface area contributed by atoms with Crippen molar-refractivity contribution in [3.05, 3.63) is 0 Å². The van der Waals surface area contributed by atoms with Crippen molar-refractivity contribution < 1.29 is 0 Å². The summed E-state index contributed by atoms with van der Waals surface area (Å²) in [7, 11) is 0. The Bertz CT molecular complexity index is 192. The molecule has 0 bridgehead atoms. The molecule has 0 saturated carbocycles. The number of hydrogen-bond donors (Lipinski definition) is 0. The van der Waals surface area contributed by atoms with Gasteiger partial charge in [0.15, 0.2) is 0 Å². The topological polar surface area (TPSA) is 24.7 Å². The molecule has 0 N–H and O–H groups in total. The Morgan fingerprint density at radius 2 is 2.27 bits per heavy atom. The number of hydrogen-bond acceptors (Lipinski definition) is 2. The Kier molecular flexibility index (Phi) is 2.80. The highest BCUT2D eigenvalue weighted by Crippen LogP contribution is 2.05. The van der Waals surface area contributed by atoms with Crippen molar-refractivity contribution in [3.8, 4) is 0 Å². The second-order valence-corrected chi connectivity index (χ2v) is 3.10. The Hall–Kier alpha value is -0.660. The first-order chi connectivity index (χ1) is 5.24. The molecule has 1 heterocycles. The third kappa shape index (κ3) is 2.14. The van der Waals surface area contributed by atoms with E-state index in [2.05, 4.69) is 30.8 Å². The third-order valence-electron chi connectivity index (χ3n) is 1.87. The molecule has 0 spiro atoms. The van der Waals surface area contributed by atoms with Gasteiger partial charge in [-0.25, -0.2) is 0 Å². The van der Waals surface area contributed by atoms with E-state index in [4.69, 9.17) is 0 Å². The summed E-state index contributed by atoms with van der Waals surface area (Å²) < 4.78 is 0. The monoisotopic (exact) mass is 152 g/mol. The van der Waals surface area contributed by atoms with Gasteiger partial charge >= 0.3 is 0 Å². The second kappa shape index (κ2) is 3.65. The van der Waals surface area contributed by atoms with E-state index in [1.54, 1.807) is 0 Å². The zero-order valence-electron chi connectivity index (χ0n) is 7.59. The van der Waals surface area contributed by atoms with Crippen molar-refractivity contribution in [1.82, 2.24) is 0 Å². The lowest BCUT2D eigenvalue weighted by atomic mass is 10.1. The van der Waals surface area contributed by atoms with E-state index >= 15 is 0 Å². The first-order valence-electron chi connectivity index (χ1n) is 4.32. The molecule has 0 amide bonds. The van der Waals surface area contributed by atoms with Crippen molar-refractivity contribution in [3.63, 3.8) is 0 Å². The van der Waals surface area contributed by atoms with Gasteiger partial charge in [0.1, 0.15) is 0 Å². The second-order valence-electron chi connectivity index (χ2n) is 3.10. The van der Waals surface area contributed by atoms with Crippen molar-refractivity contribution in [1.29, 1.82) is 0 Å². The lowest BCUT2D eigenvalue weighted by Crippen LogP contribution is -2.21. The molecule has 1 aliphatic rings. The van der Waals surface area contributed by atoms with Gasteiger partial charge in [0, 0.05) is 0 Å². The Balaban J connectivity index is 2.65. The number of aliphatic imine (C=N–C) groups is 2. The van der Waals surface area contributed by atoms with E-state index < -0.39 is 0 Å². The van der Waals surface area contributed by atoms with E-state index in [1.807, 2.05) is 0 Å². The van der Waals surface area contributed by atoms with Crippen LogP contribution >= 0.6 is 0 Å². The van der Waals surface area contributed by atoms with Crippen molar-refractivity contribution in [2.24, 2.45) is 9.98 Å². The van der Waals surface area contributed by atoms with Crippen LogP contribution in [-0.4, -0.2) is 24.0 Å². The zero-order chi connectivity index (χ0) is 8.27. The average Bonchev–Trinajstić information content (AvgIpc) is 1.98. The van der Waals surface area contributed by atoms with Crippen LogP contribution in [0, 0.1) is 0 Å². The van der Waals surface area contributed by atoms with E-state index in [1.165, 1.54) is 12.1 Å². The molecule has 0 radical (unpaired) electrons. The smallest absolute Gasteiger partial charge is 0.0670 e. The van der Waals surface area contributed by atoms with Crippen LogP contribution in [0.3, 0.4) is 0 Å². The van der Waals surface area contributed by atoms with E-state index in [0.29, 0.717) is 6.04 Å². The van der Waals surface area contributed by atoms with Gasteiger partial charge in [-0.1, -0.05) is 13.3 Å². The fourth-order valence-electron chi connectivity index (χ4n) is 1.24. The normalized spacial score (nSPS) is 24.5. The Labute approximate surface area is 68.4 Å². The Morgan fingerprint density at radius 1 is 1.55 bits per heavy atom. The maximum atomic E-state index is 4.54. The minimum absolute atomic E-state index is 0.403. The average molecular weight is 152 g/mol. The number of nitrogens with zero attached hydrogens (tertiary/aromatic N) is 2. The molecule has 0 aromatic rings. The molecule has 1 rings (SSSR count). The van der Waals surface area contributed by atoms with Crippen LogP contribution < -0.4 is 0 Å². The highest BCUT2D eigenvalue weighted by Gasteiger charge is 2.10. The standard InChI is InChI=1S/C9H16N2/c1-4-5-9-8(3)10-6-7(2)11-9/h7H,4-6H2,1-3H3/t7-/m0/s1. The van der Waals surface area contributed by atoms with Crippen molar-refractivity contribution in [2.45, 2.75) is 39.7 Å². The molecule has 2 heteroatoms. The first-order valence-corrected chi connectivity index (χ1v) is 4.32. The maximum Gasteiger partial charge on any atom is 0.0670 e. The minimum Gasteiger partial charge on any atom is -0.286 e. The van der Waals surface area contributed by atoms with Gasteiger partial charge in [0.2, 0.25) is 0 Å². The molecule has 2 nitrogen and oxygen atoms in total. The summed E-state index contributed by atoms with van der Waals surface area (Å²) in [6, 6.07) is 0.403. The molecule has 0 aliphatic carbocycles. The molecule has 0 fully saturated rings. The van der Waals surface area contributed by atoms with Crippen molar-refractivity contribution in [2.75, 3.05) is 6.54 Å². The molecular weight excluding hydrogens is 136 g/mol. The van der Waals surface area contributed by atoms with Crippen LogP contribution in [0.1, 0.15) is 33.6 Å². The lowest BCUT2D eigenvalue weighted by Gasteiger charge is -2.14. The number of rotatable bonds is 2. The fourth-order valence-corrected chi connectivity index (χ4v) is 1.24. The Morgan fingerprint density at radius 3 is 2.91 bits per heavy atom. The third-order valence-corrected chi connectivity index (χ3v) is 1.87. The van der Waals surface area contributed by atoms with E-state index in [0.717, 1.165) is 18.7 Å². The van der Waals surface area contributed by atoms with Crippen LogP contribution in [0.4, 0.5) is 0 Å². The quantitative estimate of drug-likeness (QED) is 0.579. The molecule has 11 heavy (non-hydrogen) atoms. The van der Waals surface area contributed by atoms with Crippen LogP contribution in [0.15, 0.2) is 9.98 Å². The van der Waals surface area contributed by atoms with Gasteiger partial charge in [-0.15, -0.1) is 0 Å². The summed E-state index contributed by atoms with van der Waals surface area (Å²) in [6.45, 7) is 7.22. The SMILES string of the molecule is CCCC1=N[C@@H](C)CN=C1C. The molecule has 0 aromatic heterocycles. The summed E-state index contributed by atoms with van der Waals surface area (Å²) >= 11 is 0. The predicted octanol–water partition coefficient (Wildman–Crippen LogP) is 2.09. The molecule has 1 aliphatic heterocycles. The largest absolute Gasteiger partial charge is 0.286 e. The first kappa shape index (κ1) is 8.44. The lowest BCUT2D eigenvalue weighted by molar-refractivity contribution is 0.741. The van der Waals surface area contributed by atoms with E-state index in [9.17, 15) is 0 Å². The van der Waals surface area contributed by atoms with Gasteiger partial charge < -0.3 is 0 Å². The highest BCUT2D eigenvalue weighted by atomic mass is 14.9.